The van der Waals surface area contributed by atoms with Crippen molar-refractivity contribution >= 4 is 5.91 Å². The molecule has 3 nitrogen and oxygen atoms in total. The number of carbonyl (C=O) groups excluding carboxylic acids is 1. The first-order chi connectivity index (χ1) is 7.16. The van der Waals surface area contributed by atoms with Gasteiger partial charge in [0.1, 0.15) is 0 Å². The molecule has 0 radical (unpaired) electrons. The Balaban J connectivity index is 1.73. The maximum Gasteiger partial charge on any atom is 0.225 e. The molecule has 1 saturated heterocycles. The highest BCUT2D eigenvalue weighted by molar-refractivity contribution is 5.81. The predicted molar refractivity (Wildman–Crippen MR) is 60.6 cm³/mol. The molecule has 1 amide bonds. The Morgan fingerprint density at radius 3 is 2.27 bits per heavy atom. The van der Waals surface area contributed by atoms with E-state index in [2.05, 4.69) is 23.6 Å². The van der Waals surface area contributed by atoms with Gasteiger partial charge in [0.15, 0.2) is 0 Å². The third kappa shape index (κ3) is 2.94. The van der Waals surface area contributed by atoms with E-state index in [1.165, 1.54) is 6.54 Å². The second-order valence-electron chi connectivity index (χ2n) is 5.29. The number of hydrogen-bond donors (Lipinski definition) is 0. The molecule has 0 N–H and O–H groups in total. The van der Waals surface area contributed by atoms with Gasteiger partial charge in [0.25, 0.3) is 0 Å². The van der Waals surface area contributed by atoms with E-state index in [0.29, 0.717) is 11.8 Å². The van der Waals surface area contributed by atoms with Crippen molar-refractivity contribution in [2.24, 2.45) is 11.8 Å². The maximum atomic E-state index is 11.8. The quantitative estimate of drug-likeness (QED) is 0.699. The molecule has 0 aromatic heterocycles. The van der Waals surface area contributed by atoms with Crippen LogP contribution in [-0.2, 0) is 4.79 Å². The van der Waals surface area contributed by atoms with E-state index in [4.69, 9.17) is 0 Å². The van der Waals surface area contributed by atoms with Gasteiger partial charge in [-0.05, 0) is 18.8 Å². The third-order valence-electron chi connectivity index (χ3n) is 3.23. The Bertz CT molecular complexity index is 228. The minimum atomic E-state index is 0.390. The number of amides is 1. The summed E-state index contributed by atoms with van der Waals surface area (Å²) in [6.45, 7) is 9.70. The zero-order valence-electron chi connectivity index (χ0n) is 9.91. The molecule has 1 aliphatic carbocycles. The van der Waals surface area contributed by atoms with E-state index in [9.17, 15) is 4.79 Å². The van der Waals surface area contributed by atoms with Crippen molar-refractivity contribution in [2.75, 3.05) is 32.7 Å². The van der Waals surface area contributed by atoms with Crippen LogP contribution in [0.2, 0.25) is 0 Å². The van der Waals surface area contributed by atoms with Crippen molar-refractivity contribution in [3.63, 3.8) is 0 Å². The van der Waals surface area contributed by atoms with Gasteiger partial charge in [0.2, 0.25) is 5.91 Å². The SMILES string of the molecule is CC(C)CN1CCN(C(=O)C2CC2)CC1. The monoisotopic (exact) mass is 210 g/mol. The van der Waals surface area contributed by atoms with Crippen molar-refractivity contribution < 1.29 is 4.79 Å². The lowest BCUT2D eigenvalue weighted by Gasteiger charge is -2.35. The minimum absolute atomic E-state index is 0.390. The fourth-order valence-electron chi connectivity index (χ4n) is 2.26. The van der Waals surface area contributed by atoms with Crippen LogP contribution >= 0.6 is 0 Å². The summed E-state index contributed by atoms with van der Waals surface area (Å²) in [7, 11) is 0. The van der Waals surface area contributed by atoms with E-state index in [1.807, 2.05) is 0 Å². The highest BCUT2D eigenvalue weighted by Crippen LogP contribution is 2.31. The lowest BCUT2D eigenvalue weighted by molar-refractivity contribution is -0.134. The molecule has 2 aliphatic rings. The third-order valence-corrected chi connectivity index (χ3v) is 3.23. The molecule has 0 spiro atoms. The van der Waals surface area contributed by atoms with Gasteiger partial charge in [0.05, 0.1) is 0 Å². The van der Waals surface area contributed by atoms with Crippen LogP contribution in [0.25, 0.3) is 0 Å². The molecular formula is C12H22N2O. The predicted octanol–water partition coefficient (Wildman–Crippen LogP) is 1.20. The molecule has 1 heterocycles. The second-order valence-corrected chi connectivity index (χ2v) is 5.29. The average molecular weight is 210 g/mol. The molecule has 0 unspecified atom stereocenters. The highest BCUT2D eigenvalue weighted by Gasteiger charge is 2.34. The van der Waals surface area contributed by atoms with Crippen LogP contribution in [0.1, 0.15) is 26.7 Å². The summed E-state index contributed by atoms with van der Waals surface area (Å²) in [5.74, 6) is 1.54. The van der Waals surface area contributed by atoms with Crippen LogP contribution in [0.3, 0.4) is 0 Å². The van der Waals surface area contributed by atoms with Crippen molar-refractivity contribution in [2.45, 2.75) is 26.7 Å². The molecular weight excluding hydrogens is 188 g/mol. The smallest absolute Gasteiger partial charge is 0.225 e. The molecule has 0 aromatic rings. The van der Waals surface area contributed by atoms with Crippen molar-refractivity contribution in [1.82, 2.24) is 9.80 Å². The molecule has 86 valence electrons. The lowest BCUT2D eigenvalue weighted by atomic mass is 10.2. The molecule has 0 bridgehead atoms. The topological polar surface area (TPSA) is 23.6 Å². The van der Waals surface area contributed by atoms with Crippen molar-refractivity contribution in [3.05, 3.63) is 0 Å². The summed E-state index contributed by atoms with van der Waals surface area (Å²) in [5.41, 5.74) is 0. The van der Waals surface area contributed by atoms with Crippen LogP contribution in [0, 0.1) is 11.8 Å². The zero-order chi connectivity index (χ0) is 10.8. The number of rotatable bonds is 3. The van der Waals surface area contributed by atoms with Crippen molar-refractivity contribution in [1.29, 1.82) is 0 Å². The summed E-state index contributed by atoms with van der Waals surface area (Å²) < 4.78 is 0. The molecule has 0 aromatic carbocycles. The summed E-state index contributed by atoms with van der Waals surface area (Å²) in [4.78, 5) is 16.3. The van der Waals surface area contributed by atoms with Gasteiger partial charge in [-0.25, -0.2) is 0 Å². The molecule has 0 atom stereocenters. The Morgan fingerprint density at radius 1 is 1.20 bits per heavy atom. The van der Waals surface area contributed by atoms with Gasteiger partial charge in [-0.1, -0.05) is 13.8 Å². The van der Waals surface area contributed by atoms with Crippen LogP contribution < -0.4 is 0 Å². The first-order valence-corrected chi connectivity index (χ1v) is 6.18. The van der Waals surface area contributed by atoms with E-state index in [1.54, 1.807) is 0 Å². The normalized spacial score (nSPS) is 23.5. The summed E-state index contributed by atoms with van der Waals surface area (Å²) >= 11 is 0. The van der Waals surface area contributed by atoms with Crippen LogP contribution in [0.15, 0.2) is 0 Å². The highest BCUT2D eigenvalue weighted by atomic mass is 16.2. The summed E-state index contributed by atoms with van der Waals surface area (Å²) in [6.07, 6.45) is 2.26. The fraction of sp³-hybridized carbons (Fsp3) is 0.917. The van der Waals surface area contributed by atoms with E-state index in [0.717, 1.165) is 44.9 Å². The average Bonchev–Trinajstić information content (AvgIpc) is 3.00. The van der Waals surface area contributed by atoms with Crippen LogP contribution in [0.5, 0.6) is 0 Å². The summed E-state index contributed by atoms with van der Waals surface area (Å²) in [6, 6.07) is 0. The van der Waals surface area contributed by atoms with Gasteiger partial charge in [-0.15, -0.1) is 0 Å². The lowest BCUT2D eigenvalue weighted by Crippen LogP contribution is -2.49. The van der Waals surface area contributed by atoms with Crippen LogP contribution in [-0.4, -0.2) is 48.4 Å². The first-order valence-electron chi connectivity index (χ1n) is 6.18. The summed E-state index contributed by atoms with van der Waals surface area (Å²) in [5, 5.41) is 0. The van der Waals surface area contributed by atoms with Gasteiger partial charge >= 0.3 is 0 Å². The Labute approximate surface area is 92.4 Å². The molecule has 2 rings (SSSR count). The molecule has 1 saturated carbocycles. The maximum absolute atomic E-state index is 11.8. The second kappa shape index (κ2) is 4.52. The molecule has 2 fully saturated rings. The van der Waals surface area contributed by atoms with E-state index >= 15 is 0 Å². The number of carbonyl (C=O) groups is 1. The zero-order valence-corrected chi connectivity index (χ0v) is 9.91. The first kappa shape index (κ1) is 10.9. The Hall–Kier alpha value is -0.570. The van der Waals surface area contributed by atoms with Crippen LogP contribution in [0.4, 0.5) is 0 Å². The Morgan fingerprint density at radius 2 is 1.80 bits per heavy atom. The molecule has 1 aliphatic heterocycles. The molecule has 15 heavy (non-hydrogen) atoms. The van der Waals surface area contributed by atoms with E-state index < -0.39 is 0 Å². The van der Waals surface area contributed by atoms with Gasteiger partial charge in [-0.2, -0.15) is 0 Å². The van der Waals surface area contributed by atoms with Crippen molar-refractivity contribution in [3.8, 4) is 0 Å². The molecule has 3 heteroatoms. The Kier molecular flexibility index (Phi) is 3.29. The minimum Gasteiger partial charge on any atom is -0.340 e. The van der Waals surface area contributed by atoms with Gasteiger partial charge < -0.3 is 4.90 Å². The largest absolute Gasteiger partial charge is 0.340 e. The van der Waals surface area contributed by atoms with E-state index in [-0.39, 0.29) is 0 Å². The van der Waals surface area contributed by atoms with Gasteiger partial charge in [-0.3, -0.25) is 9.69 Å². The fourth-order valence-corrected chi connectivity index (χ4v) is 2.26. The number of hydrogen-bond acceptors (Lipinski definition) is 2. The number of piperazine rings is 1. The number of nitrogens with zero attached hydrogens (tertiary/aromatic N) is 2. The standard InChI is InChI=1S/C12H22N2O/c1-10(2)9-13-5-7-14(8-6-13)12(15)11-3-4-11/h10-11H,3-9H2,1-2H3. The van der Waals surface area contributed by atoms with Gasteiger partial charge in [0, 0.05) is 38.6 Å².